The lowest BCUT2D eigenvalue weighted by Crippen LogP contribution is -2.40. The predicted octanol–water partition coefficient (Wildman–Crippen LogP) is 6.33. The van der Waals surface area contributed by atoms with Gasteiger partial charge in [-0.1, -0.05) is 64.6 Å². The Morgan fingerprint density at radius 2 is 1.76 bits per heavy atom. The van der Waals surface area contributed by atoms with Crippen LogP contribution in [-0.4, -0.2) is 42.1 Å². The zero-order chi connectivity index (χ0) is 22.0. The van der Waals surface area contributed by atoms with Crippen molar-refractivity contribution in [2.24, 2.45) is 4.99 Å². The van der Waals surface area contributed by atoms with Gasteiger partial charge in [0.2, 0.25) is 0 Å². The molecule has 0 saturated carbocycles. The number of rotatable bonds is 8. The maximum Gasteiger partial charge on any atom is 0.106 e. The van der Waals surface area contributed by atoms with Crippen molar-refractivity contribution in [3.8, 4) is 0 Å². The molecule has 1 fully saturated rings. The van der Waals surface area contributed by atoms with Crippen LogP contribution in [-0.2, 0) is 0 Å². The zero-order valence-electron chi connectivity index (χ0n) is 19.3. The fraction of sp³-hybridized carbons (Fsp3) is 0.625. The van der Waals surface area contributed by atoms with Crippen LogP contribution in [0, 0.1) is 13.8 Å². The lowest BCUT2D eigenvalue weighted by atomic mass is 9.88. The summed E-state index contributed by atoms with van der Waals surface area (Å²) in [6.07, 6.45) is 6.28. The molecule has 1 N–H and O–H groups in total. The summed E-state index contributed by atoms with van der Waals surface area (Å²) in [6.45, 7) is 18.6. The van der Waals surface area contributed by atoms with Gasteiger partial charge < -0.3 is 14.9 Å². The van der Waals surface area contributed by atoms with Gasteiger partial charge in [0.15, 0.2) is 0 Å². The van der Waals surface area contributed by atoms with Gasteiger partial charge in [-0.15, -0.1) is 0 Å². The summed E-state index contributed by atoms with van der Waals surface area (Å²) in [5.74, 6) is 0. The molecule has 1 aliphatic rings. The first-order chi connectivity index (χ1) is 13.8. The molecule has 1 saturated heterocycles. The van der Waals surface area contributed by atoms with Crippen molar-refractivity contribution in [2.75, 3.05) is 24.7 Å². The lowest BCUT2D eigenvalue weighted by molar-refractivity contribution is 0.0321. The molecule has 0 spiro atoms. The Morgan fingerprint density at radius 1 is 1.17 bits per heavy atom. The monoisotopic (exact) mass is 421 g/mol. The molecule has 0 aliphatic carbocycles. The predicted molar refractivity (Wildman–Crippen MR) is 128 cm³/mol. The summed E-state index contributed by atoms with van der Waals surface area (Å²) in [7, 11) is 0. The van der Waals surface area contributed by atoms with Crippen LogP contribution in [0.4, 0.5) is 5.69 Å². The Hall–Kier alpha value is -1.52. The molecule has 0 unspecified atom stereocenters. The Labute approximate surface area is 183 Å². The van der Waals surface area contributed by atoms with Crippen LogP contribution >= 0.6 is 11.6 Å². The second-order valence-corrected chi connectivity index (χ2v) is 8.42. The second-order valence-electron chi connectivity index (χ2n) is 8.02. The van der Waals surface area contributed by atoms with E-state index in [-0.39, 0.29) is 0 Å². The van der Waals surface area contributed by atoms with Crippen LogP contribution in [0.3, 0.4) is 0 Å². The smallest absolute Gasteiger partial charge is 0.106 e. The Bertz CT molecular complexity index is 658. The average Bonchev–Trinajstić information content (AvgIpc) is 3.08. The molecule has 0 aromatic heterocycles. The first kappa shape index (κ1) is 25.5. The van der Waals surface area contributed by atoms with E-state index in [9.17, 15) is 5.11 Å². The van der Waals surface area contributed by atoms with Crippen LogP contribution in [0.25, 0.3) is 0 Å². The summed E-state index contributed by atoms with van der Waals surface area (Å²) < 4.78 is 0. The Kier molecular flexibility index (Phi) is 10.8. The normalized spacial score (nSPS) is 14.7. The van der Waals surface area contributed by atoms with Crippen molar-refractivity contribution in [2.45, 2.75) is 79.2 Å². The van der Waals surface area contributed by atoms with Crippen molar-refractivity contribution in [1.82, 2.24) is 4.90 Å². The molecular weight excluding hydrogens is 382 g/mol. The highest BCUT2D eigenvalue weighted by Gasteiger charge is 2.36. The molecule has 0 bridgehead atoms. The Morgan fingerprint density at radius 3 is 2.24 bits per heavy atom. The van der Waals surface area contributed by atoms with Crippen molar-refractivity contribution < 1.29 is 5.11 Å². The van der Waals surface area contributed by atoms with E-state index in [1.165, 1.54) is 17.5 Å². The molecule has 164 valence electrons. The van der Waals surface area contributed by atoms with Gasteiger partial charge in [-0.25, -0.2) is 0 Å². The fourth-order valence-corrected chi connectivity index (χ4v) is 4.51. The molecule has 1 aromatic rings. The van der Waals surface area contributed by atoms with Crippen molar-refractivity contribution in [1.29, 1.82) is 0 Å². The summed E-state index contributed by atoms with van der Waals surface area (Å²) in [5, 5.41) is 12.1. The highest BCUT2D eigenvalue weighted by Crippen LogP contribution is 2.36. The number of hydrogen-bond acceptors (Lipinski definition) is 4. The number of benzene rings is 1. The van der Waals surface area contributed by atoms with Crippen molar-refractivity contribution in [3.63, 3.8) is 0 Å². The van der Waals surface area contributed by atoms with Gasteiger partial charge in [0, 0.05) is 19.3 Å². The fourth-order valence-electron chi connectivity index (χ4n) is 4.07. The SMILES string of the molecule is C=N/C=C(\N1CCN(c2c(C)cc(C)cc2Cl)C1)C(O)(CCC)CCC.CCC. The minimum atomic E-state index is -0.854. The lowest BCUT2D eigenvalue weighted by Gasteiger charge is -2.36. The average molecular weight is 422 g/mol. The summed E-state index contributed by atoms with van der Waals surface area (Å²) in [6, 6.07) is 4.18. The van der Waals surface area contributed by atoms with E-state index in [4.69, 9.17) is 11.6 Å². The van der Waals surface area contributed by atoms with E-state index in [0.29, 0.717) is 6.67 Å². The van der Waals surface area contributed by atoms with E-state index in [2.05, 4.69) is 69.1 Å². The molecule has 0 amide bonds. The molecule has 29 heavy (non-hydrogen) atoms. The van der Waals surface area contributed by atoms with Gasteiger partial charge in [0.05, 0.1) is 23.1 Å². The van der Waals surface area contributed by atoms with Crippen LogP contribution in [0.5, 0.6) is 0 Å². The number of halogens is 1. The third-order valence-corrected chi connectivity index (χ3v) is 5.34. The van der Waals surface area contributed by atoms with Crippen LogP contribution in [0.1, 0.15) is 70.9 Å². The zero-order valence-corrected chi connectivity index (χ0v) is 20.0. The molecule has 5 heteroatoms. The number of anilines is 1. The minimum Gasteiger partial charge on any atom is -0.384 e. The van der Waals surface area contributed by atoms with Crippen LogP contribution in [0.15, 0.2) is 29.0 Å². The summed E-state index contributed by atoms with van der Waals surface area (Å²) >= 11 is 6.54. The van der Waals surface area contributed by atoms with Gasteiger partial charge in [-0.2, -0.15) is 0 Å². The highest BCUT2D eigenvalue weighted by atomic mass is 35.5. The van der Waals surface area contributed by atoms with E-state index >= 15 is 0 Å². The largest absolute Gasteiger partial charge is 0.384 e. The molecule has 1 aliphatic heterocycles. The van der Waals surface area contributed by atoms with E-state index in [0.717, 1.165) is 55.2 Å². The number of nitrogens with zero attached hydrogens (tertiary/aromatic N) is 3. The number of aryl methyl sites for hydroxylation is 2. The topological polar surface area (TPSA) is 39.1 Å². The van der Waals surface area contributed by atoms with Gasteiger partial charge >= 0.3 is 0 Å². The first-order valence-electron chi connectivity index (χ1n) is 10.9. The first-order valence-corrected chi connectivity index (χ1v) is 11.3. The molecule has 1 aromatic carbocycles. The van der Waals surface area contributed by atoms with Gasteiger partial charge in [0.25, 0.3) is 0 Å². The summed E-state index contributed by atoms with van der Waals surface area (Å²) in [4.78, 5) is 8.50. The standard InChI is InChI=1S/C21H32ClN3O.C3H8/c1-6-8-21(26,9-7-2)19(14-23-5)24-10-11-25(15-24)20-17(4)12-16(3)13-18(20)22;1-3-2/h12-14,26H,5-11,15H2,1-4H3;3H2,1-2H3/b19-14-;. The summed E-state index contributed by atoms with van der Waals surface area (Å²) in [5.41, 5.74) is 3.46. The van der Waals surface area contributed by atoms with Crippen molar-refractivity contribution in [3.05, 3.63) is 40.2 Å². The molecule has 0 atom stereocenters. The molecule has 2 rings (SSSR count). The highest BCUT2D eigenvalue weighted by molar-refractivity contribution is 6.33. The Balaban J connectivity index is 0.00000132. The minimum absolute atomic E-state index is 0.695. The third kappa shape index (κ3) is 6.75. The molecule has 0 radical (unpaired) electrons. The van der Waals surface area contributed by atoms with E-state index in [1.54, 1.807) is 6.20 Å². The molecular formula is C24H40ClN3O. The van der Waals surface area contributed by atoms with Crippen LogP contribution in [0.2, 0.25) is 5.02 Å². The number of aliphatic hydroxyl groups is 1. The molecule has 1 heterocycles. The maximum absolute atomic E-state index is 11.3. The number of hydrogen-bond donors (Lipinski definition) is 1. The van der Waals surface area contributed by atoms with E-state index < -0.39 is 5.60 Å². The maximum atomic E-state index is 11.3. The van der Waals surface area contributed by atoms with Gasteiger partial charge in [-0.3, -0.25) is 4.99 Å². The van der Waals surface area contributed by atoms with Crippen molar-refractivity contribution >= 4 is 24.0 Å². The number of aliphatic imine (C=N–C) groups is 1. The second kappa shape index (κ2) is 12.2. The van der Waals surface area contributed by atoms with Crippen LogP contribution < -0.4 is 4.90 Å². The quantitative estimate of drug-likeness (QED) is 0.498. The molecule has 4 nitrogen and oxygen atoms in total. The van der Waals surface area contributed by atoms with Gasteiger partial charge in [-0.05, 0) is 50.6 Å². The third-order valence-electron chi connectivity index (χ3n) is 5.05. The van der Waals surface area contributed by atoms with Gasteiger partial charge in [0.1, 0.15) is 5.60 Å². The van der Waals surface area contributed by atoms with E-state index in [1.807, 2.05) is 6.07 Å².